The minimum Gasteiger partial charge on any atom is -0.361 e. The zero-order valence-corrected chi connectivity index (χ0v) is 21.1. The van der Waals surface area contributed by atoms with Gasteiger partial charge in [0.05, 0.1) is 6.61 Å². The molecule has 8 heteroatoms. The Balaban J connectivity index is 1.54. The van der Waals surface area contributed by atoms with E-state index >= 15 is 0 Å². The van der Waals surface area contributed by atoms with Gasteiger partial charge in [0.1, 0.15) is 5.60 Å². The molecule has 192 valence electrons. The maximum atomic E-state index is 12.6. The third-order valence-corrected chi connectivity index (χ3v) is 7.43. The van der Waals surface area contributed by atoms with Crippen LogP contribution < -0.4 is 11.2 Å². The van der Waals surface area contributed by atoms with E-state index < -0.39 is 16.9 Å². The number of hydrogen-bond acceptors (Lipinski definition) is 4. The van der Waals surface area contributed by atoms with Gasteiger partial charge in [0, 0.05) is 28.8 Å². The van der Waals surface area contributed by atoms with Crippen LogP contribution in [0.25, 0.3) is 10.4 Å². The molecule has 38 heavy (non-hydrogen) atoms. The van der Waals surface area contributed by atoms with E-state index in [2.05, 4.69) is 51.4 Å². The topological polar surface area (TPSA) is 113 Å². The molecule has 1 fully saturated rings. The van der Waals surface area contributed by atoms with Crippen LogP contribution in [0.1, 0.15) is 41.1 Å². The second kappa shape index (κ2) is 10.9. The third kappa shape index (κ3) is 4.79. The largest absolute Gasteiger partial charge is 0.361 e. The zero-order valence-electron chi connectivity index (χ0n) is 21.1. The second-order valence-corrected chi connectivity index (χ2v) is 9.73. The van der Waals surface area contributed by atoms with Gasteiger partial charge in [-0.25, -0.2) is 4.79 Å². The van der Waals surface area contributed by atoms with Gasteiger partial charge in [-0.1, -0.05) is 96.1 Å². The smallest absolute Gasteiger partial charge is 0.328 e. The number of aryl methyl sites for hydroxylation is 1. The van der Waals surface area contributed by atoms with Gasteiger partial charge >= 0.3 is 5.69 Å². The molecule has 3 atom stereocenters. The van der Waals surface area contributed by atoms with E-state index in [1.807, 2.05) is 54.6 Å². The van der Waals surface area contributed by atoms with E-state index in [0.29, 0.717) is 25.0 Å². The lowest BCUT2D eigenvalue weighted by Crippen LogP contribution is -2.35. The van der Waals surface area contributed by atoms with Crippen LogP contribution in [0.5, 0.6) is 0 Å². The van der Waals surface area contributed by atoms with Crippen molar-refractivity contribution in [1.29, 1.82) is 0 Å². The Morgan fingerprint density at radius 3 is 1.95 bits per heavy atom. The molecule has 3 aromatic carbocycles. The molecule has 0 bridgehead atoms. The molecule has 5 rings (SSSR count). The lowest BCUT2D eigenvalue weighted by molar-refractivity contribution is -0.01000. The highest BCUT2D eigenvalue weighted by Gasteiger charge is 2.41. The molecule has 1 aliphatic rings. The molecule has 1 aromatic heterocycles. The fourth-order valence-corrected chi connectivity index (χ4v) is 5.55. The lowest BCUT2D eigenvalue weighted by atomic mass is 9.80. The molecule has 0 unspecified atom stereocenters. The Hall–Kier alpha value is -4.39. The predicted molar refractivity (Wildman–Crippen MR) is 146 cm³/mol. The summed E-state index contributed by atoms with van der Waals surface area (Å²) >= 11 is 0. The van der Waals surface area contributed by atoms with Crippen molar-refractivity contribution in [2.45, 2.75) is 37.5 Å². The number of aromatic amines is 1. The standard InChI is InChI=1S/C30H29N5O3/c1-21-19-35(29(37)32-28(21)36)26-17-22(27(18-26)33-34-31)20-38-30(23-11-5-2-6-12-23,24-13-7-3-8-14-24)25-15-9-4-10-16-25/h2-16,19,22,26-27H,17-18,20H2,1H3,(H,32,36,37)/t22-,26-,27-/m0/s1. The van der Waals surface area contributed by atoms with Crippen LogP contribution in [0.2, 0.25) is 0 Å². The molecule has 8 nitrogen and oxygen atoms in total. The van der Waals surface area contributed by atoms with E-state index in [0.717, 1.165) is 16.7 Å². The predicted octanol–water partition coefficient (Wildman–Crippen LogP) is 5.48. The van der Waals surface area contributed by atoms with Gasteiger partial charge in [0.2, 0.25) is 0 Å². The lowest BCUT2D eigenvalue weighted by Gasteiger charge is -2.37. The maximum Gasteiger partial charge on any atom is 0.328 e. The minimum absolute atomic E-state index is 0.134. The summed E-state index contributed by atoms with van der Waals surface area (Å²) in [7, 11) is 0. The second-order valence-electron chi connectivity index (χ2n) is 9.73. The zero-order chi connectivity index (χ0) is 26.5. The molecule has 0 saturated heterocycles. The summed E-state index contributed by atoms with van der Waals surface area (Å²) in [5.74, 6) is -0.134. The van der Waals surface area contributed by atoms with Crippen molar-refractivity contribution in [2.24, 2.45) is 11.0 Å². The molecular weight excluding hydrogens is 478 g/mol. The van der Waals surface area contributed by atoms with Crippen LogP contribution in [-0.2, 0) is 10.3 Å². The molecule has 0 amide bonds. The molecule has 0 radical (unpaired) electrons. The number of rotatable bonds is 8. The molecule has 1 aliphatic carbocycles. The van der Waals surface area contributed by atoms with Crippen LogP contribution >= 0.6 is 0 Å². The molecular formula is C30H29N5O3. The number of aromatic nitrogens is 2. The Kier molecular flexibility index (Phi) is 7.26. The van der Waals surface area contributed by atoms with Crippen LogP contribution in [0.4, 0.5) is 0 Å². The van der Waals surface area contributed by atoms with E-state index in [1.165, 1.54) is 0 Å². The average Bonchev–Trinajstić information content (AvgIpc) is 3.35. The summed E-state index contributed by atoms with van der Waals surface area (Å²) in [6.07, 6.45) is 2.65. The number of azide groups is 1. The van der Waals surface area contributed by atoms with E-state index in [1.54, 1.807) is 17.7 Å². The monoisotopic (exact) mass is 507 g/mol. The molecule has 1 saturated carbocycles. The normalized spacial score (nSPS) is 19.1. The molecule has 0 aliphatic heterocycles. The maximum absolute atomic E-state index is 12.6. The van der Waals surface area contributed by atoms with Crippen LogP contribution in [0, 0.1) is 12.8 Å². The third-order valence-electron chi connectivity index (χ3n) is 7.43. The van der Waals surface area contributed by atoms with Crippen LogP contribution in [0.3, 0.4) is 0 Å². The number of ether oxygens (including phenoxy) is 1. The molecule has 0 spiro atoms. The first-order valence-corrected chi connectivity index (χ1v) is 12.7. The number of benzene rings is 3. The Morgan fingerprint density at radius 2 is 1.45 bits per heavy atom. The first-order chi connectivity index (χ1) is 18.5. The Bertz CT molecular complexity index is 1450. The van der Waals surface area contributed by atoms with Gasteiger partial charge in [-0.3, -0.25) is 14.3 Å². The van der Waals surface area contributed by atoms with Crippen molar-refractivity contribution in [3.63, 3.8) is 0 Å². The van der Waals surface area contributed by atoms with Gasteiger partial charge in [-0.15, -0.1) is 0 Å². The highest BCUT2D eigenvalue weighted by atomic mass is 16.5. The van der Waals surface area contributed by atoms with Crippen molar-refractivity contribution in [2.75, 3.05) is 6.61 Å². The number of hydrogen-bond donors (Lipinski definition) is 1. The van der Waals surface area contributed by atoms with Crippen LogP contribution in [0.15, 0.2) is 112 Å². The fourth-order valence-electron chi connectivity index (χ4n) is 5.55. The number of H-pyrrole nitrogens is 1. The molecule has 1 N–H and O–H groups in total. The fraction of sp³-hybridized carbons (Fsp3) is 0.267. The van der Waals surface area contributed by atoms with Gasteiger partial charge in [0.25, 0.3) is 5.56 Å². The van der Waals surface area contributed by atoms with Crippen molar-refractivity contribution in [3.8, 4) is 0 Å². The summed E-state index contributed by atoms with van der Waals surface area (Å²) in [5, 5.41) is 4.08. The van der Waals surface area contributed by atoms with E-state index in [-0.39, 0.29) is 18.0 Å². The number of nitrogens with one attached hydrogen (secondary N) is 1. The summed E-state index contributed by atoms with van der Waals surface area (Å²) < 4.78 is 8.53. The van der Waals surface area contributed by atoms with Crippen molar-refractivity contribution < 1.29 is 4.74 Å². The Labute approximate surface area is 220 Å². The van der Waals surface area contributed by atoms with Crippen molar-refractivity contribution >= 4 is 0 Å². The first kappa shape index (κ1) is 25.3. The van der Waals surface area contributed by atoms with Crippen LogP contribution in [-0.4, -0.2) is 22.2 Å². The highest BCUT2D eigenvalue weighted by Crippen LogP contribution is 2.43. The van der Waals surface area contributed by atoms with Crippen molar-refractivity contribution in [3.05, 3.63) is 151 Å². The average molecular weight is 508 g/mol. The quantitative estimate of drug-likeness (QED) is 0.147. The first-order valence-electron chi connectivity index (χ1n) is 12.7. The summed E-state index contributed by atoms with van der Waals surface area (Å²) in [4.78, 5) is 30.0. The van der Waals surface area contributed by atoms with Gasteiger partial charge in [-0.2, -0.15) is 0 Å². The van der Waals surface area contributed by atoms with E-state index in [9.17, 15) is 15.1 Å². The SMILES string of the molecule is Cc1cn([C@H]2C[C@@H](COC(c3ccccc3)(c3ccccc3)c3ccccc3)[C@@H](N=[N+]=[N-])C2)c(=O)[nH]c1=O. The number of nitrogens with zero attached hydrogens (tertiary/aromatic N) is 4. The van der Waals surface area contributed by atoms with Gasteiger partial charge in [0.15, 0.2) is 0 Å². The van der Waals surface area contributed by atoms with Gasteiger partial charge in [-0.05, 0) is 47.9 Å². The summed E-state index contributed by atoms with van der Waals surface area (Å²) in [6, 6.07) is 29.7. The van der Waals surface area contributed by atoms with E-state index in [4.69, 9.17) is 4.74 Å². The summed E-state index contributed by atoms with van der Waals surface area (Å²) in [5.41, 5.74) is 11.0. The summed E-state index contributed by atoms with van der Waals surface area (Å²) in [6.45, 7) is 1.97. The van der Waals surface area contributed by atoms with Gasteiger partial charge < -0.3 is 4.74 Å². The van der Waals surface area contributed by atoms with Crippen molar-refractivity contribution in [1.82, 2.24) is 9.55 Å². The Morgan fingerprint density at radius 1 is 0.921 bits per heavy atom. The molecule has 4 aromatic rings. The molecule has 1 heterocycles. The highest BCUT2D eigenvalue weighted by molar-refractivity contribution is 5.47. The minimum atomic E-state index is -0.895.